The fourth-order valence-electron chi connectivity index (χ4n) is 3.06. The molecule has 0 aliphatic rings. The van der Waals surface area contributed by atoms with Gasteiger partial charge in [0.2, 0.25) is 0 Å². The number of H-pyrrole nitrogens is 1. The summed E-state index contributed by atoms with van der Waals surface area (Å²) < 4.78 is 0. The second kappa shape index (κ2) is 6.63. The number of fused-ring (bicyclic) bond motifs is 1. The Morgan fingerprint density at radius 3 is 2.32 bits per heavy atom. The Balaban J connectivity index is 1.78. The van der Waals surface area contributed by atoms with E-state index in [-0.39, 0.29) is 5.91 Å². The van der Waals surface area contributed by atoms with Crippen molar-refractivity contribution in [2.24, 2.45) is 0 Å². The molecule has 0 saturated heterocycles. The highest BCUT2D eigenvalue weighted by molar-refractivity contribution is 5.98. The summed E-state index contributed by atoms with van der Waals surface area (Å²) >= 11 is 0. The number of anilines is 1. The minimum atomic E-state index is 0.0387. The Kier molecular flexibility index (Phi) is 4.53. The third kappa shape index (κ3) is 3.38. The molecule has 4 heteroatoms. The van der Waals surface area contributed by atoms with Gasteiger partial charge in [-0.05, 0) is 55.3 Å². The summed E-state index contributed by atoms with van der Waals surface area (Å²) in [7, 11) is 5.89. The summed E-state index contributed by atoms with van der Waals surface area (Å²) in [5.74, 6) is 0.0387. The zero-order chi connectivity index (χ0) is 18.1. The van der Waals surface area contributed by atoms with Gasteiger partial charge in [0.25, 0.3) is 5.91 Å². The first-order valence-corrected chi connectivity index (χ1v) is 8.47. The SMILES string of the molecule is Cc1[nH]c2ccc(C(=O)N(C)Cc3ccc(N(C)C)cc3)cc2c1C. The molecule has 1 aromatic heterocycles. The molecule has 1 N–H and O–H groups in total. The Hall–Kier alpha value is -2.75. The maximum Gasteiger partial charge on any atom is 0.253 e. The molecule has 4 nitrogen and oxygen atoms in total. The van der Waals surface area contributed by atoms with Crippen molar-refractivity contribution in [1.82, 2.24) is 9.88 Å². The first-order chi connectivity index (χ1) is 11.9. The summed E-state index contributed by atoms with van der Waals surface area (Å²) in [5, 5.41) is 1.12. The van der Waals surface area contributed by atoms with Crippen LogP contribution in [0.25, 0.3) is 10.9 Å². The number of amides is 1. The molecule has 1 amide bonds. The van der Waals surface area contributed by atoms with Gasteiger partial charge in [0.05, 0.1) is 0 Å². The van der Waals surface area contributed by atoms with Gasteiger partial charge in [0, 0.05) is 55.5 Å². The van der Waals surface area contributed by atoms with Crippen LogP contribution in [-0.2, 0) is 6.54 Å². The first kappa shape index (κ1) is 17.1. The van der Waals surface area contributed by atoms with Crippen molar-refractivity contribution in [3.05, 3.63) is 64.8 Å². The van der Waals surface area contributed by atoms with E-state index in [9.17, 15) is 4.79 Å². The molecule has 1 heterocycles. The number of carbonyl (C=O) groups excluding carboxylic acids is 1. The van der Waals surface area contributed by atoms with Crippen LogP contribution in [0.15, 0.2) is 42.5 Å². The Bertz CT molecular complexity index is 907. The van der Waals surface area contributed by atoms with Crippen molar-refractivity contribution in [3.8, 4) is 0 Å². The maximum absolute atomic E-state index is 12.8. The van der Waals surface area contributed by atoms with E-state index in [0.717, 1.165) is 33.4 Å². The number of rotatable bonds is 4. The topological polar surface area (TPSA) is 39.3 Å². The van der Waals surface area contributed by atoms with Crippen LogP contribution in [0.5, 0.6) is 0 Å². The van der Waals surface area contributed by atoms with Crippen molar-refractivity contribution in [1.29, 1.82) is 0 Å². The minimum absolute atomic E-state index is 0.0387. The lowest BCUT2D eigenvalue weighted by atomic mass is 10.1. The van der Waals surface area contributed by atoms with Gasteiger partial charge in [-0.2, -0.15) is 0 Å². The monoisotopic (exact) mass is 335 g/mol. The van der Waals surface area contributed by atoms with Crippen molar-refractivity contribution in [2.45, 2.75) is 20.4 Å². The quantitative estimate of drug-likeness (QED) is 0.779. The van der Waals surface area contributed by atoms with E-state index in [1.54, 1.807) is 4.90 Å². The van der Waals surface area contributed by atoms with Gasteiger partial charge in [-0.1, -0.05) is 12.1 Å². The zero-order valence-electron chi connectivity index (χ0n) is 15.6. The summed E-state index contributed by atoms with van der Waals surface area (Å²) in [6.45, 7) is 4.73. The van der Waals surface area contributed by atoms with Gasteiger partial charge in [0.15, 0.2) is 0 Å². The predicted molar refractivity (Wildman–Crippen MR) is 104 cm³/mol. The second-order valence-corrected chi connectivity index (χ2v) is 6.86. The van der Waals surface area contributed by atoms with Crippen molar-refractivity contribution in [2.75, 3.05) is 26.0 Å². The molecule has 25 heavy (non-hydrogen) atoms. The van der Waals surface area contributed by atoms with Gasteiger partial charge in [-0.15, -0.1) is 0 Å². The van der Waals surface area contributed by atoms with E-state index in [1.807, 2.05) is 39.3 Å². The number of benzene rings is 2. The standard InChI is InChI=1S/C21H25N3O/c1-14-15(2)22-20-11-8-17(12-19(14)20)21(25)24(5)13-16-6-9-18(10-7-16)23(3)4/h6-12,22H,13H2,1-5H3. The smallest absolute Gasteiger partial charge is 0.253 e. The molecule has 0 unspecified atom stereocenters. The molecule has 0 bridgehead atoms. The molecule has 0 spiro atoms. The van der Waals surface area contributed by atoms with Gasteiger partial charge in [0.1, 0.15) is 0 Å². The molecule has 3 rings (SSSR count). The molecule has 0 aliphatic heterocycles. The number of hydrogen-bond donors (Lipinski definition) is 1. The molecular formula is C21H25N3O. The predicted octanol–water partition coefficient (Wildman–Crippen LogP) is 4.12. The van der Waals surface area contributed by atoms with Crippen LogP contribution < -0.4 is 4.90 Å². The van der Waals surface area contributed by atoms with E-state index in [1.165, 1.54) is 5.56 Å². The fourth-order valence-corrected chi connectivity index (χ4v) is 3.06. The summed E-state index contributed by atoms with van der Waals surface area (Å²) in [6, 6.07) is 14.2. The number of hydrogen-bond acceptors (Lipinski definition) is 2. The maximum atomic E-state index is 12.8. The number of aromatic amines is 1. The molecule has 0 atom stereocenters. The van der Waals surface area contributed by atoms with Gasteiger partial charge < -0.3 is 14.8 Å². The normalized spacial score (nSPS) is 10.9. The van der Waals surface area contributed by atoms with Crippen LogP contribution in [0.1, 0.15) is 27.2 Å². The highest BCUT2D eigenvalue weighted by Gasteiger charge is 2.14. The zero-order valence-corrected chi connectivity index (χ0v) is 15.6. The Morgan fingerprint density at radius 2 is 1.68 bits per heavy atom. The molecular weight excluding hydrogens is 310 g/mol. The van der Waals surface area contributed by atoms with E-state index in [0.29, 0.717) is 6.54 Å². The van der Waals surface area contributed by atoms with Crippen LogP contribution in [0, 0.1) is 13.8 Å². The highest BCUT2D eigenvalue weighted by Crippen LogP contribution is 2.23. The number of carbonyl (C=O) groups is 1. The van der Waals surface area contributed by atoms with Crippen LogP contribution in [-0.4, -0.2) is 36.9 Å². The Morgan fingerprint density at radius 1 is 1.00 bits per heavy atom. The lowest BCUT2D eigenvalue weighted by Crippen LogP contribution is -2.26. The third-order valence-corrected chi connectivity index (χ3v) is 4.77. The molecule has 3 aromatic rings. The van der Waals surface area contributed by atoms with E-state index in [4.69, 9.17) is 0 Å². The van der Waals surface area contributed by atoms with Crippen molar-refractivity contribution < 1.29 is 4.79 Å². The molecule has 2 aromatic carbocycles. The fraction of sp³-hybridized carbons (Fsp3) is 0.286. The molecule has 0 aliphatic carbocycles. The lowest BCUT2D eigenvalue weighted by Gasteiger charge is -2.18. The minimum Gasteiger partial charge on any atom is -0.378 e. The number of nitrogens with one attached hydrogen (secondary N) is 1. The summed E-state index contributed by atoms with van der Waals surface area (Å²) in [4.78, 5) is 20.0. The van der Waals surface area contributed by atoms with Crippen molar-refractivity contribution >= 4 is 22.5 Å². The van der Waals surface area contributed by atoms with Gasteiger partial charge >= 0.3 is 0 Å². The largest absolute Gasteiger partial charge is 0.378 e. The number of aromatic nitrogens is 1. The van der Waals surface area contributed by atoms with Gasteiger partial charge in [-0.25, -0.2) is 0 Å². The highest BCUT2D eigenvalue weighted by atomic mass is 16.2. The van der Waals surface area contributed by atoms with E-state index >= 15 is 0 Å². The number of aryl methyl sites for hydroxylation is 2. The second-order valence-electron chi connectivity index (χ2n) is 6.86. The van der Waals surface area contributed by atoms with E-state index < -0.39 is 0 Å². The average Bonchev–Trinajstić information content (AvgIpc) is 2.88. The molecule has 0 saturated carbocycles. The molecule has 0 fully saturated rings. The van der Waals surface area contributed by atoms with Crippen LogP contribution >= 0.6 is 0 Å². The Labute approximate surface area is 149 Å². The number of nitrogens with zero attached hydrogens (tertiary/aromatic N) is 2. The average molecular weight is 335 g/mol. The first-order valence-electron chi connectivity index (χ1n) is 8.47. The van der Waals surface area contributed by atoms with Crippen LogP contribution in [0.3, 0.4) is 0 Å². The summed E-state index contributed by atoms with van der Waals surface area (Å²) in [6.07, 6.45) is 0. The van der Waals surface area contributed by atoms with Crippen LogP contribution in [0.2, 0.25) is 0 Å². The van der Waals surface area contributed by atoms with Crippen molar-refractivity contribution in [3.63, 3.8) is 0 Å². The van der Waals surface area contributed by atoms with Crippen LogP contribution in [0.4, 0.5) is 5.69 Å². The molecule has 130 valence electrons. The molecule has 0 radical (unpaired) electrons. The van der Waals surface area contributed by atoms with Gasteiger partial charge in [-0.3, -0.25) is 4.79 Å². The third-order valence-electron chi connectivity index (χ3n) is 4.77. The summed E-state index contributed by atoms with van der Waals surface area (Å²) in [5.41, 5.74) is 6.42. The lowest BCUT2D eigenvalue weighted by molar-refractivity contribution is 0.0785. The van der Waals surface area contributed by atoms with E-state index in [2.05, 4.69) is 48.0 Å².